The normalized spacial score (nSPS) is 27.3. The molecule has 3 aliphatic rings. The summed E-state index contributed by atoms with van der Waals surface area (Å²) in [4.78, 5) is 29.9. The van der Waals surface area contributed by atoms with Crippen LogP contribution in [0.2, 0.25) is 0 Å². The van der Waals surface area contributed by atoms with Gasteiger partial charge in [-0.15, -0.1) is 11.3 Å². The van der Waals surface area contributed by atoms with Gasteiger partial charge in [0.2, 0.25) is 0 Å². The van der Waals surface area contributed by atoms with Crippen molar-refractivity contribution in [3.8, 4) is 0 Å². The average Bonchev–Trinajstić information content (AvgIpc) is 3.50. The van der Waals surface area contributed by atoms with Gasteiger partial charge < -0.3 is 26.4 Å². The maximum absolute atomic E-state index is 15.4. The van der Waals surface area contributed by atoms with Crippen molar-refractivity contribution >= 4 is 39.0 Å². The van der Waals surface area contributed by atoms with Crippen molar-refractivity contribution in [2.45, 2.75) is 64.1 Å². The molecule has 4 atom stereocenters. The number of nitrogen functional groups attached to an aromatic ring is 1. The van der Waals surface area contributed by atoms with Crippen LogP contribution in [0.4, 0.5) is 15.9 Å². The van der Waals surface area contributed by atoms with E-state index in [1.165, 1.54) is 17.4 Å². The molecule has 37 heavy (non-hydrogen) atoms. The number of hydrogen-bond donors (Lipinski definition) is 3. The minimum Gasteiger partial charge on any atom is -0.397 e. The first-order chi connectivity index (χ1) is 17.7. The second kappa shape index (κ2) is 8.85. The third kappa shape index (κ3) is 3.95. The van der Waals surface area contributed by atoms with E-state index >= 15 is 4.39 Å². The van der Waals surface area contributed by atoms with Crippen LogP contribution >= 0.6 is 11.3 Å². The average molecular weight is 526 g/mol. The van der Waals surface area contributed by atoms with Gasteiger partial charge in [0, 0.05) is 36.5 Å². The Morgan fingerprint density at radius 2 is 2.11 bits per heavy atom. The minimum atomic E-state index is -0.388. The smallest absolute Gasteiger partial charge is 0.263 e. The maximum atomic E-state index is 15.4. The Kier molecular flexibility index (Phi) is 5.85. The number of nitrogens with two attached hydrogens (primary N) is 2. The number of ether oxygens (including phenoxy) is 1. The molecular formula is C26H32FN7O2S. The number of aromatic nitrogens is 3. The standard InChI is InChI=1S/C26H32FN7O2S/c1-12-6-7-36-26(12)11-34(10-19(26)28)20-9-17(27)16-8-15(4-5-18(16)33-20)32-24(35)23-22(29)21-13(2)30-14(3)31-25(21)37-23/h9,12,15,19H,4-8,10-11,28-29H2,1-3H3,(H,32,35). The first-order valence-corrected chi connectivity index (χ1v) is 13.6. The van der Waals surface area contributed by atoms with E-state index in [4.69, 9.17) is 21.2 Å². The summed E-state index contributed by atoms with van der Waals surface area (Å²) in [7, 11) is 0. The summed E-state index contributed by atoms with van der Waals surface area (Å²) in [5, 5.41) is 3.78. The van der Waals surface area contributed by atoms with Gasteiger partial charge in [0.1, 0.15) is 32.8 Å². The SMILES string of the molecule is Cc1nc(C)c2c(N)c(C(=O)NC3CCc4nc(N5CC(N)C6(C5)OCCC6C)cc(F)c4C3)sc2n1. The van der Waals surface area contributed by atoms with Crippen LogP contribution in [0.5, 0.6) is 0 Å². The molecule has 3 aromatic rings. The largest absolute Gasteiger partial charge is 0.397 e. The summed E-state index contributed by atoms with van der Waals surface area (Å²) in [5.74, 6) is 1.04. The zero-order valence-electron chi connectivity index (χ0n) is 21.3. The summed E-state index contributed by atoms with van der Waals surface area (Å²) >= 11 is 1.26. The fourth-order valence-electron chi connectivity index (χ4n) is 6.23. The van der Waals surface area contributed by atoms with Crippen molar-refractivity contribution < 1.29 is 13.9 Å². The number of halogens is 1. The number of nitrogens with one attached hydrogen (secondary N) is 1. The van der Waals surface area contributed by atoms with E-state index in [9.17, 15) is 4.79 Å². The molecule has 5 heterocycles. The van der Waals surface area contributed by atoms with Gasteiger partial charge in [-0.25, -0.2) is 19.3 Å². The lowest BCUT2D eigenvalue weighted by atomic mass is 9.85. The highest BCUT2D eigenvalue weighted by molar-refractivity contribution is 7.21. The van der Waals surface area contributed by atoms with Gasteiger partial charge in [-0.3, -0.25) is 4.79 Å². The van der Waals surface area contributed by atoms with Gasteiger partial charge in [-0.05, 0) is 45.4 Å². The van der Waals surface area contributed by atoms with Crippen LogP contribution in [0.15, 0.2) is 6.07 Å². The molecule has 5 N–H and O–H groups in total. The Morgan fingerprint density at radius 3 is 2.86 bits per heavy atom. The van der Waals surface area contributed by atoms with E-state index in [0.717, 1.165) is 23.2 Å². The molecule has 2 fully saturated rings. The molecule has 9 nitrogen and oxygen atoms in total. The van der Waals surface area contributed by atoms with Crippen molar-refractivity contribution in [2.75, 3.05) is 30.3 Å². The number of fused-ring (bicyclic) bond motifs is 2. The van der Waals surface area contributed by atoms with Crippen LogP contribution in [0.25, 0.3) is 10.2 Å². The molecule has 1 amide bonds. The second-order valence-corrected chi connectivity index (χ2v) is 11.7. The Hall–Kier alpha value is -2.89. The van der Waals surface area contributed by atoms with Crippen LogP contribution in [0, 0.1) is 25.6 Å². The zero-order valence-corrected chi connectivity index (χ0v) is 22.1. The fraction of sp³-hybridized carbons (Fsp3) is 0.538. The molecule has 2 aliphatic heterocycles. The van der Waals surface area contributed by atoms with Gasteiger partial charge in [0.25, 0.3) is 5.91 Å². The third-order valence-electron chi connectivity index (χ3n) is 8.31. The Labute approximate surface area is 218 Å². The van der Waals surface area contributed by atoms with E-state index in [-0.39, 0.29) is 29.4 Å². The third-order valence-corrected chi connectivity index (χ3v) is 9.41. The lowest BCUT2D eigenvalue weighted by Crippen LogP contribution is -2.50. The van der Waals surface area contributed by atoms with Crippen LogP contribution in [-0.4, -0.2) is 58.2 Å². The molecule has 1 spiro atoms. The lowest BCUT2D eigenvalue weighted by molar-refractivity contribution is -0.0109. The lowest BCUT2D eigenvalue weighted by Gasteiger charge is -2.31. The maximum Gasteiger partial charge on any atom is 0.263 e. The number of carbonyl (C=O) groups excluding carboxylic acids is 1. The number of nitrogens with zero attached hydrogens (tertiary/aromatic N) is 4. The van der Waals surface area contributed by atoms with E-state index in [1.807, 2.05) is 13.8 Å². The molecular weight excluding hydrogens is 493 g/mol. The molecule has 2 saturated heterocycles. The summed E-state index contributed by atoms with van der Waals surface area (Å²) in [5.41, 5.74) is 14.9. The fourth-order valence-corrected chi connectivity index (χ4v) is 7.32. The predicted octanol–water partition coefficient (Wildman–Crippen LogP) is 2.65. The van der Waals surface area contributed by atoms with E-state index in [1.54, 1.807) is 0 Å². The summed E-state index contributed by atoms with van der Waals surface area (Å²) in [6, 6.07) is 1.16. The molecule has 0 radical (unpaired) electrons. The monoisotopic (exact) mass is 525 g/mol. The molecule has 0 saturated carbocycles. The van der Waals surface area contributed by atoms with Gasteiger partial charge in [0.15, 0.2) is 0 Å². The van der Waals surface area contributed by atoms with Gasteiger partial charge in [-0.1, -0.05) is 6.92 Å². The van der Waals surface area contributed by atoms with Crippen LogP contribution in [0.1, 0.15) is 52.2 Å². The van der Waals surface area contributed by atoms with Gasteiger partial charge in [-0.2, -0.15) is 0 Å². The highest BCUT2D eigenvalue weighted by atomic mass is 32.1. The Balaban J connectivity index is 1.19. The topological polar surface area (TPSA) is 132 Å². The number of amides is 1. The van der Waals surface area contributed by atoms with Gasteiger partial charge >= 0.3 is 0 Å². The van der Waals surface area contributed by atoms with Crippen molar-refractivity contribution in [1.29, 1.82) is 0 Å². The first kappa shape index (κ1) is 24.4. The predicted molar refractivity (Wildman–Crippen MR) is 141 cm³/mol. The number of anilines is 2. The van der Waals surface area contributed by atoms with Crippen molar-refractivity contribution in [2.24, 2.45) is 11.7 Å². The molecule has 6 rings (SSSR count). The first-order valence-electron chi connectivity index (χ1n) is 12.8. The quantitative estimate of drug-likeness (QED) is 0.476. The summed E-state index contributed by atoms with van der Waals surface area (Å²) < 4.78 is 21.5. The number of rotatable bonds is 3. The molecule has 3 aromatic heterocycles. The van der Waals surface area contributed by atoms with E-state index in [2.05, 4.69) is 27.1 Å². The molecule has 1 aliphatic carbocycles. The number of carbonyl (C=O) groups is 1. The number of pyridine rings is 1. The molecule has 0 aromatic carbocycles. The van der Waals surface area contributed by atoms with Crippen LogP contribution < -0.4 is 21.7 Å². The van der Waals surface area contributed by atoms with Crippen LogP contribution in [0.3, 0.4) is 0 Å². The zero-order chi connectivity index (χ0) is 26.1. The van der Waals surface area contributed by atoms with Crippen molar-refractivity contribution in [3.05, 3.63) is 39.5 Å². The van der Waals surface area contributed by atoms with E-state index in [0.29, 0.717) is 77.5 Å². The molecule has 11 heteroatoms. The number of hydrogen-bond acceptors (Lipinski definition) is 9. The molecule has 0 bridgehead atoms. The van der Waals surface area contributed by atoms with Crippen LogP contribution in [-0.2, 0) is 17.6 Å². The minimum absolute atomic E-state index is 0.134. The van der Waals surface area contributed by atoms with Crippen molar-refractivity contribution in [3.63, 3.8) is 0 Å². The summed E-state index contributed by atoms with van der Waals surface area (Å²) in [6.07, 6.45) is 2.61. The molecule has 196 valence electrons. The highest BCUT2D eigenvalue weighted by Crippen LogP contribution is 2.41. The van der Waals surface area contributed by atoms with E-state index < -0.39 is 0 Å². The molecule has 4 unspecified atom stereocenters. The summed E-state index contributed by atoms with van der Waals surface area (Å²) in [6.45, 7) is 7.78. The second-order valence-electron chi connectivity index (χ2n) is 10.7. The Morgan fingerprint density at radius 1 is 1.30 bits per heavy atom. The Bertz CT molecular complexity index is 1410. The number of thiophene rings is 1. The highest BCUT2D eigenvalue weighted by Gasteiger charge is 2.52. The number of aryl methyl sites for hydroxylation is 3. The van der Waals surface area contributed by atoms with Gasteiger partial charge in [0.05, 0.1) is 29.4 Å². The van der Waals surface area contributed by atoms with Crippen molar-refractivity contribution in [1.82, 2.24) is 20.3 Å².